The number of ether oxygens (including phenoxy) is 3. The third kappa shape index (κ3) is 61.1. The van der Waals surface area contributed by atoms with Crippen LogP contribution in [0.15, 0.2) is 97.2 Å². The van der Waals surface area contributed by atoms with Crippen LogP contribution in [0, 0.1) is 0 Å². The number of carbonyl (C=O) groups excluding carboxylic acids is 3. The fourth-order valence-electron chi connectivity index (χ4n) is 8.90. The second-order valence-corrected chi connectivity index (χ2v) is 20.9. The molecule has 0 aromatic rings. The van der Waals surface area contributed by atoms with E-state index in [0.29, 0.717) is 19.3 Å². The van der Waals surface area contributed by atoms with Gasteiger partial charge in [0.2, 0.25) is 0 Å². The first-order valence-electron chi connectivity index (χ1n) is 31.7. The van der Waals surface area contributed by atoms with Crippen LogP contribution < -0.4 is 0 Å². The van der Waals surface area contributed by atoms with Crippen LogP contribution >= 0.6 is 0 Å². The molecular weight excluding hydrogens is 925 g/mol. The molecular formula is C69H118O6. The lowest BCUT2D eigenvalue weighted by atomic mass is 10.0. The van der Waals surface area contributed by atoms with Crippen molar-refractivity contribution in [2.75, 3.05) is 13.2 Å². The van der Waals surface area contributed by atoms with E-state index >= 15 is 0 Å². The van der Waals surface area contributed by atoms with Crippen LogP contribution in [-0.4, -0.2) is 37.2 Å². The van der Waals surface area contributed by atoms with E-state index in [-0.39, 0.29) is 31.1 Å². The minimum absolute atomic E-state index is 0.0910. The summed E-state index contributed by atoms with van der Waals surface area (Å²) < 4.78 is 16.9. The van der Waals surface area contributed by atoms with Gasteiger partial charge in [-0.1, -0.05) is 285 Å². The highest BCUT2D eigenvalue weighted by molar-refractivity contribution is 5.71. The van der Waals surface area contributed by atoms with Crippen LogP contribution in [0.25, 0.3) is 0 Å². The Bertz CT molecular complexity index is 1480. The molecule has 0 spiro atoms. The van der Waals surface area contributed by atoms with E-state index in [9.17, 15) is 14.4 Å². The van der Waals surface area contributed by atoms with Crippen molar-refractivity contribution < 1.29 is 28.6 Å². The standard InChI is InChI=1S/C69H118O6/c1-4-7-10-13-16-19-22-25-28-30-32-33-34-35-37-38-41-44-47-50-53-56-59-62-68(71)74-65-66(64-73-67(70)61-58-55-52-49-46-43-40-27-24-21-18-15-12-9-6-3)75-69(72)63-60-57-54-51-48-45-42-39-36-31-29-26-23-20-17-14-11-8-5-2/h7,9-10,12,16,18-19,21,25,27-28,32-33,40,46,49,66H,4-6,8,11,13-15,17,20,22-24,26,29-31,34-39,41-45,47-48,50-65H2,1-3H3/b10-7-,12-9-,19-16-,21-18-,28-25-,33-32-,40-27-,49-46-. The molecule has 0 aliphatic heterocycles. The molecule has 0 fully saturated rings. The van der Waals surface area contributed by atoms with Gasteiger partial charge in [0.25, 0.3) is 0 Å². The quantitative estimate of drug-likeness (QED) is 0.0261. The Kier molecular flexibility index (Phi) is 59.8. The summed E-state index contributed by atoms with van der Waals surface area (Å²) in [4.78, 5) is 38.3. The number of hydrogen-bond acceptors (Lipinski definition) is 6. The zero-order valence-corrected chi connectivity index (χ0v) is 49.3. The molecule has 0 heterocycles. The zero-order valence-electron chi connectivity index (χ0n) is 49.3. The molecule has 0 bridgehead atoms. The van der Waals surface area contributed by atoms with E-state index in [1.165, 1.54) is 154 Å². The van der Waals surface area contributed by atoms with Crippen LogP contribution in [0.4, 0.5) is 0 Å². The van der Waals surface area contributed by atoms with E-state index in [4.69, 9.17) is 14.2 Å². The molecule has 0 rings (SSSR count). The van der Waals surface area contributed by atoms with Gasteiger partial charge in [0.15, 0.2) is 6.10 Å². The molecule has 6 heteroatoms. The van der Waals surface area contributed by atoms with E-state index < -0.39 is 6.10 Å². The SMILES string of the molecule is CC/C=C\C/C=C\C/C=C\C/C=C\CCCCCCCCCCCCC(=O)OCC(COC(=O)CCCC/C=C\C/C=C\C/C=C\C/C=C\CC)OC(=O)CCCCCCCCCCCCCCCCCCCCC. The van der Waals surface area contributed by atoms with Crippen molar-refractivity contribution in [3.8, 4) is 0 Å². The Morgan fingerprint density at radius 1 is 0.280 bits per heavy atom. The summed E-state index contributed by atoms with van der Waals surface area (Å²) in [6, 6.07) is 0. The maximum absolute atomic E-state index is 12.9. The highest BCUT2D eigenvalue weighted by Crippen LogP contribution is 2.17. The average molecular weight is 1040 g/mol. The number of allylic oxidation sites excluding steroid dienone is 16. The van der Waals surface area contributed by atoms with Crippen LogP contribution in [-0.2, 0) is 28.6 Å². The molecule has 0 aromatic carbocycles. The number of unbranched alkanes of at least 4 members (excludes halogenated alkanes) is 30. The Labute approximate surface area is 464 Å². The number of carbonyl (C=O) groups is 3. The lowest BCUT2D eigenvalue weighted by Crippen LogP contribution is -2.30. The van der Waals surface area contributed by atoms with Crippen molar-refractivity contribution >= 4 is 17.9 Å². The molecule has 0 radical (unpaired) electrons. The molecule has 75 heavy (non-hydrogen) atoms. The first-order chi connectivity index (χ1) is 37.0. The topological polar surface area (TPSA) is 78.9 Å². The van der Waals surface area contributed by atoms with E-state index in [0.717, 1.165) is 109 Å². The van der Waals surface area contributed by atoms with Crippen LogP contribution in [0.2, 0.25) is 0 Å². The normalized spacial score (nSPS) is 12.7. The lowest BCUT2D eigenvalue weighted by Gasteiger charge is -2.18. The van der Waals surface area contributed by atoms with Crippen molar-refractivity contribution in [3.05, 3.63) is 97.2 Å². The minimum atomic E-state index is -0.796. The Balaban J connectivity index is 4.38. The van der Waals surface area contributed by atoms with Crippen LogP contribution in [0.5, 0.6) is 0 Å². The Morgan fingerprint density at radius 3 is 0.840 bits per heavy atom. The lowest BCUT2D eigenvalue weighted by molar-refractivity contribution is -0.167. The van der Waals surface area contributed by atoms with E-state index in [2.05, 4.69) is 118 Å². The van der Waals surface area contributed by atoms with Gasteiger partial charge in [0.05, 0.1) is 0 Å². The van der Waals surface area contributed by atoms with Gasteiger partial charge < -0.3 is 14.2 Å². The molecule has 0 aliphatic rings. The zero-order chi connectivity index (χ0) is 54.3. The van der Waals surface area contributed by atoms with Gasteiger partial charge in [-0.15, -0.1) is 0 Å². The first kappa shape index (κ1) is 71.3. The van der Waals surface area contributed by atoms with Crippen LogP contribution in [0.3, 0.4) is 0 Å². The number of rotatable bonds is 57. The van der Waals surface area contributed by atoms with Crippen molar-refractivity contribution in [1.82, 2.24) is 0 Å². The minimum Gasteiger partial charge on any atom is -0.462 e. The summed E-state index contributed by atoms with van der Waals surface area (Å²) in [6.07, 6.45) is 84.1. The second-order valence-electron chi connectivity index (χ2n) is 20.9. The van der Waals surface area contributed by atoms with Gasteiger partial charge in [-0.3, -0.25) is 14.4 Å². The first-order valence-corrected chi connectivity index (χ1v) is 31.7. The monoisotopic (exact) mass is 1040 g/mol. The fourth-order valence-corrected chi connectivity index (χ4v) is 8.90. The number of hydrogen-bond donors (Lipinski definition) is 0. The molecule has 0 aromatic heterocycles. The van der Waals surface area contributed by atoms with Gasteiger partial charge in [0, 0.05) is 19.3 Å². The predicted molar refractivity (Wildman–Crippen MR) is 325 cm³/mol. The molecule has 1 atom stereocenters. The average Bonchev–Trinajstić information content (AvgIpc) is 3.41. The molecule has 6 nitrogen and oxygen atoms in total. The molecule has 0 aliphatic carbocycles. The van der Waals surface area contributed by atoms with Gasteiger partial charge in [-0.2, -0.15) is 0 Å². The molecule has 0 amide bonds. The predicted octanol–water partition coefficient (Wildman–Crippen LogP) is 21.7. The summed E-state index contributed by atoms with van der Waals surface area (Å²) in [7, 11) is 0. The molecule has 430 valence electrons. The fraction of sp³-hybridized carbons (Fsp3) is 0.725. The highest BCUT2D eigenvalue weighted by Gasteiger charge is 2.19. The van der Waals surface area contributed by atoms with Crippen LogP contribution in [0.1, 0.15) is 303 Å². The maximum atomic E-state index is 12.9. The third-order valence-corrected chi connectivity index (χ3v) is 13.6. The summed E-state index contributed by atoms with van der Waals surface area (Å²) in [5, 5.41) is 0. The second kappa shape index (κ2) is 62.9. The van der Waals surface area contributed by atoms with Gasteiger partial charge in [-0.25, -0.2) is 0 Å². The molecule has 1 unspecified atom stereocenters. The van der Waals surface area contributed by atoms with Gasteiger partial charge in [0.1, 0.15) is 13.2 Å². The summed E-state index contributed by atoms with van der Waals surface area (Å²) in [5.74, 6) is -0.926. The van der Waals surface area contributed by atoms with Crippen molar-refractivity contribution in [1.29, 1.82) is 0 Å². The van der Waals surface area contributed by atoms with Gasteiger partial charge >= 0.3 is 17.9 Å². The van der Waals surface area contributed by atoms with Crippen molar-refractivity contribution in [2.45, 2.75) is 309 Å². The molecule has 0 saturated carbocycles. The highest BCUT2D eigenvalue weighted by atomic mass is 16.6. The summed E-state index contributed by atoms with van der Waals surface area (Å²) in [5.41, 5.74) is 0. The smallest absolute Gasteiger partial charge is 0.306 e. The molecule has 0 N–H and O–H groups in total. The Morgan fingerprint density at radius 2 is 0.520 bits per heavy atom. The van der Waals surface area contributed by atoms with E-state index in [1.54, 1.807) is 0 Å². The van der Waals surface area contributed by atoms with Crippen molar-refractivity contribution in [2.24, 2.45) is 0 Å². The largest absolute Gasteiger partial charge is 0.462 e. The van der Waals surface area contributed by atoms with Crippen molar-refractivity contribution in [3.63, 3.8) is 0 Å². The number of esters is 3. The van der Waals surface area contributed by atoms with E-state index in [1.807, 2.05) is 0 Å². The molecule has 0 saturated heterocycles. The maximum Gasteiger partial charge on any atom is 0.306 e. The summed E-state index contributed by atoms with van der Waals surface area (Å²) in [6.45, 7) is 6.41. The third-order valence-electron chi connectivity index (χ3n) is 13.6. The van der Waals surface area contributed by atoms with Gasteiger partial charge in [-0.05, 0) is 96.3 Å². The summed E-state index contributed by atoms with van der Waals surface area (Å²) >= 11 is 0. The Hall–Kier alpha value is -3.67.